The number of hydrogen-bond donors (Lipinski definition) is 0. The summed E-state index contributed by atoms with van der Waals surface area (Å²) < 4.78 is 23.9. The van der Waals surface area contributed by atoms with Crippen LogP contribution < -0.4 is 5.56 Å². The molecular formula is C24H21FN4O2. The Morgan fingerprint density at radius 1 is 0.935 bits per heavy atom. The normalized spacial score (nSPS) is 11.6. The first kappa shape index (κ1) is 19.3. The van der Waals surface area contributed by atoms with E-state index in [1.165, 1.54) is 12.1 Å². The summed E-state index contributed by atoms with van der Waals surface area (Å²) in [6.07, 6.45) is 1.88. The van der Waals surface area contributed by atoms with Crippen LogP contribution in [0.2, 0.25) is 0 Å². The van der Waals surface area contributed by atoms with Crippen molar-refractivity contribution in [3.05, 3.63) is 77.0 Å². The molecule has 7 heteroatoms. The summed E-state index contributed by atoms with van der Waals surface area (Å²) >= 11 is 0. The van der Waals surface area contributed by atoms with Gasteiger partial charge in [0, 0.05) is 49.3 Å². The second-order valence-electron chi connectivity index (χ2n) is 7.62. The number of methoxy groups -OCH3 is 1. The van der Waals surface area contributed by atoms with Gasteiger partial charge in [-0.25, -0.2) is 9.07 Å². The number of hydrogen-bond acceptors (Lipinski definition) is 3. The van der Waals surface area contributed by atoms with Gasteiger partial charge >= 0.3 is 0 Å². The zero-order valence-corrected chi connectivity index (χ0v) is 17.5. The van der Waals surface area contributed by atoms with Crippen LogP contribution in [0.1, 0.15) is 0 Å². The first-order chi connectivity index (χ1) is 15.0. The van der Waals surface area contributed by atoms with E-state index in [2.05, 4.69) is 11.2 Å². The molecule has 0 amide bonds. The molecule has 31 heavy (non-hydrogen) atoms. The Balaban J connectivity index is 1.76. The minimum Gasteiger partial charge on any atom is -0.362 e. The van der Waals surface area contributed by atoms with Gasteiger partial charge in [-0.1, -0.05) is 18.2 Å². The number of aryl methyl sites for hydroxylation is 2. The molecule has 0 saturated carbocycles. The van der Waals surface area contributed by atoms with Crippen molar-refractivity contribution in [2.75, 3.05) is 7.11 Å². The number of pyridine rings is 1. The third kappa shape index (κ3) is 3.05. The lowest BCUT2D eigenvalue weighted by molar-refractivity contribution is 0.121. The fourth-order valence-corrected chi connectivity index (χ4v) is 4.21. The molecule has 2 aromatic carbocycles. The van der Waals surface area contributed by atoms with Gasteiger partial charge < -0.3 is 9.30 Å². The van der Waals surface area contributed by atoms with Crippen LogP contribution >= 0.6 is 0 Å². The van der Waals surface area contributed by atoms with Gasteiger partial charge in [-0.15, -0.1) is 0 Å². The second-order valence-corrected chi connectivity index (χ2v) is 7.62. The highest BCUT2D eigenvalue weighted by Crippen LogP contribution is 2.32. The molecule has 6 nitrogen and oxygen atoms in total. The molecule has 5 aromatic rings. The minimum absolute atomic E-state index is 0.122. The Bertz CT molecular complexity index is 1490. The molecule has 0 bridgehead atoms. The molecule has 0 N–H and O–H groups in total. The van der Waals surface area contributed by atoms with E-state index >= 15 is 0 Å². The molecule has 0 atom stereocenters. The van der Waals surface area contributed by atoms with Gasteiger partial charge in [0.05, 0.1) is 11.2 Å². The highest BCUT2D eigenvalue weighted by Gasteiger charge is 2.17. The number of aromatic nitrogens is 4. The van der Waals surface area contributed by atoms with Gasteiger partial charge in [-0.2, -0.15) is 5.10 Å². The molecule has 3 heterocycles. The second kappa shape index (κ2) is 7.21. The van der Waals surface area contributed by atoms with E-state index in [1.807, 2.05) is 42.1 Å². The number of ether oxygens (including phenoxy) is 1. The van der Waals surface area contributed by atoms with Gasteiger partial charge in [0.1, 0.15) is 18.2 Å². The molecule has 0 aliphatic rings. The van der Waals surface area contributed by atoms with E-state index in [-0.39, 0.29) is 11.4 Å². The van der Waals surface area contributed by atoms with Crippen molar-refractivity contribution in [2.24, 2.45) is 14.1 Å². The third-order valence-corrected chi connectivity index (χ3v) is 5.70. The van der Waals surface area contributed by atoms with Crippen LogP contribution in [0.25, 0.3) is 44.3 Å². The van der Waals surface area contributed by atoms with Crippen LogP contribution in [0.15, 0.2) is 65.6 Å². The van der Waals surface area contributed by atoms with Crippen LogP contribution in [-0.4, -0.2) is 26.0 Å². The van der Waals surface area contributed by atoms with Crippen molar-refractivity contribution in [2.45, 2.75) is 6.73 Å². The summed E-state index contributed by atoms with van der Waals surface area (Å²) in [5.41, 5.74) is 4.78. The van der Waals surface area contributed by atoms with Gasteiger partial charge in [-0.05, 0) is 42.0 Å². The van der Waals surface area contributed by atoms with E-state index in [1.54, 1.807) is 35.5 Å². The molecule has 0 spiro atoms. The summed E-state index contributed by atoms with van der Waals surface area (Å²) in [6.45, 7) is 0.389. The largest absolute Gasteiger partial charge is 0.362 e. The van der Waals surface area contributed by atoms with Crippen LogP contribution in [0.5, 0.6) is 0 Å². The SMILES string of the molecule is COCn1ccc(-c2ccc3c(c2)c2cc(-c4ccc(F)cc4)c(=O)n(C)c2n3C)n1. The fraction of sp³-hybridized carbons (Fsp3) is 0.167. The van der Waals surface area contributed by atoms with E-state index in [0.717, 1.165) is 33.2 Å². The summed E-state index contributed by atoms with van der Waals surface area (Å²) in [5.74, 6) is -0.329. The monoisotopic (exact) mass is 416 g/mol. The highest BCUT2D eigenvalue weighted by molar-refractivity contribution is 6.09. The first-order valence-electron chi connectivity index (χ1n) is 9.89. The Hall–Kier alpha value is -3.71. The predicted octanol–water partition coefficient (Wildman–Crippen LogP) is 4.30. The molecule has 5 rings (SSSR count). The lowest BCUT2D eigenvalue weighted by Gasteiger charge is -2.08. The lowest BCUT2D eigenvalue weighted by atomic mass is 10.0. The average molecular weight is 416 g/mol. The molecule has 0 saturated heterocycles. The van der Waals surface area contributed by atoms with Crippen molar-refractivity contribution in [1.29, 1.82) is 0 Å². The molecule has 3 aromatic heterocycles. The molecule has 0 fully saturated rings. The van der Waals surface area contributed by atoms with E-state index in [0.29, 0.717) is 17.9 Å². The molecule has 0 radical (unpaired) electrons. The molecule has 0 aliphatic carbocycles. The van der Waals surface area contributed by atoms with Gasteiger partial charge in [0.2, 0.25) is 0 Å². The summed E-state index contributed by atoms with van der Waals surface area (Å²) in [4.78, 5) is 13.1. The van der Waals surface area contributed by atoms with E-state index in [4.69, 9.17) is 4.74 Å². The average Bonchev–Trinajstić information content (AvgIpc) is 3.34. The number of nitrogens with zero attached hydrogens (tertiary/aromatic N) is 4. The maximum absolute atomic E-state index is 13.4. The smallest absolute Gasteiger partial charge is 0.259 e. The maximum atomic E-state index is 13.4. The molecule has 0 aliphatic heterocycles. The Morgan fingerprint density at radius 3 is 2.42 bits per heavy atom. The van der Waals surface area contributed by atoms with Crippen molar-refractivity contribution in [1.82, 2.24) is 18.9 Å². The standard InChI is InChI=1S/C24H21FN4O2/c1-27-22-9-6-16(21-10-11-29(26-21)14-31-3)12-19(22)20-13-18(24(30)28(2)23(20)27)15-4-7-17(25)8-5-15/h4-13H,14H2,1-3H3. The molecular weight excluding hydrogens is 395 g/mol. The summed E-state index contributed by atoms with van der Waals surface area (Å²) in [6, 6.07) is 16.0. The van der Waals surface area contributed by atoms with Crippen LogP contribution in [0.4, 0.5) is 4.39 Å². The Morgan fingerprint density at radius 2 is 1.68 bits per heavy atom. The van der Waals surface area contributed by atoms with Gasteiger partial charge in [0.15, 0.2) is 0 Å². The van der Waals surface area contributed by atoms with Gasteiger partial charge in [0.25, 0.3) is 5.56 Å². The summed E-state index contributed by atoms with van der Waals surface area (Å²) in [5, 5.41) is 6.54. The van der Waals surface area contributed by atoms with Crippen molar-refractivity contribution in [3.63, 3.8) is 0 Å². The topological polar surface area (TPSA) is 54.0 Å². The highest BCUT2D eigenvalue weighted by atomic mass is 19.1. The molecule has 156 valence electrons. The fourth-order valence-electron chi connectivity index (χ4n) is 4.21. The number of halogens is 1. The zero-order chi connectivity index (χ0) is 21.7. The van der Waals surface area contributed by atoms with E-state index in [9.17, 15) is 9.18 Å². The van der Waals surface area contributed by atoms with Crippen LogP contribution in [0, 0.1) is 5.82 Å². The number of rotatable bonds is 4. The van der Waals surface area contributed by atoms with E-state index < -0.39 is 0 Å². The Kier molecular flexibility index (Phi) is 4.48. The third-order valence-electron chi connectivity index (χ3n) is 5.70. The maximum Gasteiger partial charge on any atom is 0.259 e. The number of benzene rings is 2. The van der Waals surface area contributed by atoms with Crippen LogP contribution in [-0.2, 0) is 25.6 Å². The van der Waals surface area contributed by atoms with Crippen molar-refractivity contribution < 1.29 is 9.13 Å². The van der Waals surface area contributed by atoms with Crippen LogP contribution in [0.3, 0.4) is 0 Å². The Labute approximate surface area is 177 Å². The summed E-state index contributed by atoms with van der Waals surface area (Å²) in [7, 11) is 5.35. The quantitative estimate of drug-likeness (QED) is 0.439. The minimum atomic E-state index is -0.329. The predicted molar refractivity (Wildman–Crippen MR) is 119 cm³/mol. The van der Waals surface area contributed by atoms with Gasteiger partial charge in [-0.3, -0.25) is 9.36 Å². The van der Waals surface area contributed by atoms with Crippen molar-refractivity contribution >= 4 is 21.9 Å². The number of fused-ring (bicyclic) bond motifs is 3. The first-order valence-corrected chi connectivity index (χ1v) is 9.89. The zero-order valence-electron chi connectivity index (χ0n) is 17.5. The van der Waals surface area contributed by atoms with Crippen molar-refractivity contribution in [3.8, 4) is 22.4 Å². The lowest BCUT2D eigenvalue weighted by Crippen LogP contribution is -2.20. The molecule has 0 unspecified atom stereocenters.